The fourth-order valence-corrected chi connectivity index (χ4v) is 2.50. The van der Waals surface area contributed by atoms with E-state index in [0.29, 0.717) is 19.0 Å². The summed E-state index contributed by atoms with van der Waals surface area (Å²) in [6, 6.07) is 3.92. The zero-order valence-electron chi connectivity index (χ0n) is 11.5. The van der Waals surface area contributed by atoms with Gasteiger partial charge in [0.05, 0.1) is 21.5 Å². The second-order valence-electron chi connectivity index (χ2n) is 5.16. The second kappa shape index (κ2) is 5.75. The Labute approximate surface area is 120 Å². The number of hydrogen-bond acceptors (Lipinski definition) is 6. The van der Waals surface area contributed by atoms with E-state index in [-0.39, 0.29) is 22.6 Å². The van der Waals surface area contributed by atoms with Crippen LogP contribution in [0.5, 0.6) is 0 Å². The fourth-order valence-electron chi connectivity index (χ4n) is 2.50. The summed E-state index contributed by atoms with van der Waals surface area (Å²) in [5.74, 6) is 0.498. The number of nitro groups is 2. The molecule has 8 heteroatoms. The largest absolute Gasteiger partial charge is 0.360 e. The molecule has 21 heavy (non-hydrogen) atoms. The van der Waals surface area contributed by atoms with E-state index in [4.69, 9.17) is 5.26 Å². The molecule has 1 fully saturated rings. The van der Waals surface area contributed by atoms with Crippen molar-refractivity contribution >= 4 is 17.1 Å². The number of nitro benzene ring substituents is 2. The maximum absolute atomic E-state index is 11.2. The molecule has 0 amide bonds. The van der Waals surface area contributed by atoms with E-state index in [0.717, 1.165) is 25.0 Å². The molecular formula is C13H14N4O4. The Morgan fingerprint density at radius 2 is 1.67 bits per heavy atom. The van der Waals surface area contributed by atoms with E-state index < -0.39 is 9.85 Å². The molecule has 0 saturated carbocycles. The van der Waals surface area contributed by atoms with Crippen molar-refractivity contribution in [1.82, 2.24) is 0 Å². The Morgan fingerprint density at radius 1 is 1.19 bits per heavy atom. The van der Waals surface area contributed by atoms with Crippen molar-refractivity contribution in [1.29, 1.82) is 5.26 Å². The molecule has 1 aliphatic rings. The van der Waals surface area contributed by atoms with Gasteiger partial charge in [0.2, 0.25) is 0 Å². The van der Waals surface area contributed by atoms with Crippen LogP contribution in [0, 0.1) is 37.5 Å². The van der Waals surface area contributed by atoms with E-state index in [9.17, 15) is 20.2 Å². The molecule has 0 spiro atoms. The van der Waals surface area contributed by atoms with Crippen LogP contribution >= 0.6 is 0 Å². The minimum atomic E-state index is -0.665. The first-order valence-electron chi connectivity index (χ1n) is 6.56. The summed E-state index contributed by atoms with van der Waals surface area (Å²) in [6.07, 6.45) is 1.66. The third-order valence-corrected chi connectivity index (χ3v) is 3.69. The molecule has 0 unspecified atom stereocenters. The van der Waals surface area contributed by atoms with Crippen LogP contribution in [0.15, 0.2) is 12.1 Å². The zero-order chi connectivity index (χ0) is 15.6. The first-order valence-corrected chi connectivity index (χ1v) is 6.56. The molecule has 0 atom stereocenters. The lowest BCUT2D eigenvalue weighted by molar-refractivity contribution is -0.392. The van der Waals surface area contributed by atoms with Crippen molar-refractivity contribution in [2.45, 2.75) is 19.8 Å². The van der Waals surface area contributed by atoms with Gasteiger partial charge in [0.25, 0.3) is 0 Å². The van der Waals surface area contributed by atoms with Gasteiger partial charge in [-0.15, -0.1) is 0 Å². The van der Waals surface area contributed by atoms with Crippen molar-refractivity contribution in [3.05, 3.63) is 37.9 Å². The van der Waals surface area contributed by atoms with Crippen molar-refractivity contribution in [2.75, 3.05) is 18.0 Å². The summed E-state index contributed by atoms with van der Waals surface area (Å²) in [5, 5.41) is 31.3. The van der Waals surface area contributed by atoms with E-state index in [1.165, 1.54) is 0 Å². The minimum Gasteiger partial charge on any atom is -0.360 e. The van der Waals surface area contributed by atoms with Crippen LogP contribution in [-0.2, 0) is 0 Å². The van der Waals surface area contributed by atoms with E-state index >= 15 is 0 Å². The quantitative estimate of drug-likeness (QED) is 0.624. The molecule has 110 valence electrons. The molecule has 1 saturated heterocycles. The number of hydrogen-bond donors (Lipinski definition) is 0. The standard InChI is InChI=1S/C13H14N4O4/c1-9-2-4-15(5-3-9)13-11(16(18)19)6-10(8-14)7-12(13)17(20)21/h6-7,9H,2-5H2,1H3. The van der Waals surface area contributed by atoms with Gasteiger partial charge in [-0.2, -0.15) is 5.26 Å². The van der Waals surface area contributed by atoms with Gasteiger partial charge in [0.1, 0.15) is 0 Å². The molecule has 1 aromatic rings. The lowest BCUT2D eigenvalue weighted by atomic mass is 9.98. The summed E-state index contributed by atoms with van der Waals surface area (Å²) < 4.78 is 0. The molecule has 2 rings (SSSR count). The minimum absolute atomic E-state index is 0.0101. The van der Waals surface area contributed by atoms with Gasteiger partial charge in [-0.1, -0.05) is 6.92 Å². The molecule has 0 bridgehead atoms. The molecule has 0 radical (unpaired) electrons. The van der Waals surface area contributed by atoms with Gasteiger partial charge >= 0.3 is 11.4 Å². The number of nitriles is 1. The molecule has 1 aromatic carbocycles. The average Bonchev–Trinajstić information content (AvgIpc) is 2.46. The molecule has 1 heterocycles. The van der Waals surface area contributed by atoms with Crippen LogP contribution in [-0.4, -0.2) is 22.9 Å². The summed E-state index contributed by atoms with van der Waals surface area (Å²) in [5.41, 5.74) is -0.830. The van der Waals surface area contributed by atoms with Gasteiger partial charge in [-0.3, -0.25) is 20.2 Å². The predicted molar refractivity (Wildman–Crippen MR) is 75.1 cm³/mol. The number of rotatable bonds is 3. The topological polar surface area (TPSA) is 113 Å². The van der Waals surface area contributed by atoms with E-state index in [2.05, 4.69) is 6.92 Å². The Balaban J connectivity index is 2.58. The molecule has 1 aliphatic heterocycles. The smallest absolute Gasteiger partial charge is 0.300 e. The second-order valence-corrected chi connectivity index (χ2v) is 5.16. The van der Waals surface area contributed by atoms with Crippen LogP contribution in [0.3, 0.4) is 0 Å². The zero-order valence-corrected chi connectivity index (χ0v) is 11.5. The van der Waals surface area contributed by atoms with Gasteiger partial charge in [0, 0.05) is 25.2 Å². The maximum Gasteiger partial charge on any atom is 0.300 e. The molecule has 0 N–H and O–H groups in total. The van der Waals surface area contributed by atoms with Crippen molar-refractivity contribution in [3.63, 3.8) is 0 Å². The summed E-state index contributed by atoms with van der Waals surface area (Å²) >= 11 is 0. The van der Waals surface area contributed by atoms with Crippen molar-refractivity contribution < 1.29 is 9.85 Å². The van der Waals surface area contributed by atoms with Gasteiger partial charge in [0.15, 0.2) is 5.69 Å². The van der Waals surface area contributed by atoms with E-state index in [1.54, 1.807) is 11.0 Å². The lowest BCUT2D eigenvalue weighted by Crippen LogP contribution is -2.33. The Kier molecular flexibility index (Phi) is 4.03. The van der Waals surface area contributed by atoms with Crippen LogP contribution in [0.25, 0.3) is 0 Å². The number of anilines is 1. The monoisotopic (exact) mass is 290 g/mol. The highest BCUT2D eigenvalue weighted by Crippen LogP contribution is 2.40. The third kappa shape index (κ3) is 2.91. The average molecular weight is 290 g/mol. The van der Waals surface area contributed by atoms with Crippen LogP contribution in [0.1, 0.15) is 25.3 Å². The molecule has 8 nitrogen and oxygen atoms in total. The van der Waals surface area contributed by atoms with Crippen molar-refractivity contribution in [2.24, 2.45) is 5.92 Å². The van der Waals surface area contributed by atoms with Gasteiger partial charge in [-0.05, 0) is 18.8 Å². The summed E-state index contributed by atoms with van der Waals surface area (Å²) in [7, 11) is 0. The third-order valence-electron chi connectivity index (χ3n) is 3.69. The highest BCUT2D eigenvalue weighted by Gasteiger charge is 2.32. The fraction of sp³-hybridized carbons (Fsp3) is 0.462. The summed E-state index contributed by atoms with van der Waals surface area (Å²) in [4.78, 5) is 22.8. The molecule has 0 aliphatic carbocycles. The van der Waals surface area contributed by atoms with Crippen LogP contribution < -0.4 is 4.90 Å². The molecular weight excluding hydrogens is 276 g/mol. The van der Waals surface area contributed by atoms with Gasteiger partial charge in [-0.25, -0.2) is 0 Å². The first-order chi connectivity index (χ1) is 9.93. The highest BCUT2D eigenvalue weighted by molar-refractivity contribution is 5.77. The Bertz CT molecular complexity index is 595. The molecule has 0 aromatic heterocycles. The van der Waals surface area contributed by atoms with Crippen LogP contribution in [0.2, 0.25) is 0 Å². The van der Waals surface area contributed by atoms with Crippen LogP contribution in [0.4, 0.5) is 17.1 Å². The Hall–Kier alpha value is -2.69. The lowest BCUT2D eigenvalue weighted by Gasteiger charge is -2.31. The normalized spacial score (nSPS) is 15.5. The summed E-state index contributed by atoms with van der Waals surface area (Å²) in [6.45, 7) is 3.16. The van der Waals surface area contributed by atoms with Crippen molar-refractivity contribution in [3.8, 4) is 6.07 Å². The number of benzene rings is 1. The SMILES string of the molecule is CC1CCN(c2c([N+](=O)[O-])cc(C#N)cc2[N+](=O)[O-])CC1. The highest BCUT2D eigenvalue weighted by atomic mass is 16.6. The maximum atomic E-state index is 11.2. The van der Waals surface area contributed by atoms with Gasteiger partial charge < -0.3 is 4.90 Å². The number of nitrogens with zero attached hydrogens (tertiary/aromatic N) is 4. The Morgan fingerprint density at radius 3 is 2.05 bits per heavy atom. The van der Waals surface area contributed by atoms with E-state index in [1.807, 2.05) is 0 Å². The number of piperidine rings is 1. The first kappa shape index (κ1) is 14.7. The predicted octanol–water partition coefficient (Wildman–Crippen LogP) is 2.61.